The molecule has 29 heavy (non-hydrogen) atoms. The molecule has 4 atom stereocenters. The van der Waals surface area contributed by atoms with E-state index in [9.17, 15) is 22.8 Å². The number of esters is 3. The van der Waals surface area contributed by atoms with E-state index in [1.807, 2.05) is 0 Å². The quantitative estimate of drug-likeness (QED) is 0.437. The Balaban J connectivity index is 2.22. The zero-order chi connectivity index (χ0) is 21.6. The van der Waals surface area contributed by atoms with Crippen molar-refractivity contribution >= 4 is 27.7 Å². The standard InChI is InChI=1S/C19H24O9S/c1-12(20)25-9-16-18(26-13(2)21)19(27-14(3)22)17(28-16)11-29(23,24)10-15-7-5-4-6-8-15/h4-8,16-19H,9-11H2,1-3H3/t16-,17+,18+,19-/m1/s1. The second-order valence-corrected chi connectivity index (χ2v) is 8.81. The molecule has 0 radical (unpaired) electrons. The third-order valence-corrected chi connectivity index (χ3v) is 5.72. The van der Waals surface area contributed by atoms with Crippen molar-refractivity contribution < 1.29 is 41.7 Å². The predicted molar refractivity (Wildman–Crippen MR) is 100 cm³/mol. The maximum absolute atomic E-state index is 12.7. The van der Waals surface area contributed by atoms with Gasteiger partial charge in [-0.05, 0) is 5.56 Å². The Bertz CT molecular complexity index is 834. The van der Waals surface area contributed by atoms with Crippen LogP contribution in [0.4, 0.5) is 0 Å². The second-order valence-electron chi connectivity index (χ2n) is 6.70. The fourth-order valence-electron chi connectivity index (χ4n) is 3.08. The maximum atomic E-state index is 12.7. The molecular weight excluding hydrogens is 404 g/mol. The lowest BCUT2D eigenvalue weighted by Crippen LogP contribution is -2.42. The van der Waals surface area contributed by atoms with Gasteiger partial charge < -0.3 is 18.9 Å². The van der Waals surface area contributed by atoms with Crippen molar-refractivity contribution in [2.45, 2.75) is 50.9 Å². The summed E-state index contributed by atoms with van der Waals surface area (Å²) >= 11 is 0. The fraction of sp³-hybridized carbons (Fsp3) is 0.526. The van der Waals surface area contributed by atoms with Crippen molar-refractivity contribution in [3.63, 3.8) is 0 Å². The molecule has 0 N–H and O–H groups in total. The molecule has 0 saturated carbocycles. The average Bonchev–Trinajstić information content (AvgIpc) is 2.88. The van der Waals surface area contributed by atoms with Crippen LogP contribution in [0, 0.1) is 0 Å². The average molecular weight is 428 g/mol. The van der Waals surface area contributed by atoms with Gasteiger partial charge in [0.15, 0.2) is 22.0 Å². The molecule has 1 aromatic rings. The highest BCUT2D eigenvalue weighted by molar-refractivity contribution is 7.90. The molecule has 0 spiro atoms. The summed E-state index contributed by atoms with van der Waals surface area (Å²) < 4.78 is 46.4. The van der Waals surface area contributed by atoms with Crippen molar-refractivity contribution in [3.8, 4) is 0 Å². The van der Waals surface area contributed by atoms with Gasteiger partial charge in [-0.25, -0.2) is 8.42 Å². The number of hydrogen-bond acceptors (Lipinski definition) is 9. The van der Waals surface area contributed by atoms with Gasteiger partial charge in [0.05, 0.1) is 11.5 Å². The molecule has 0 unspecified atom stereocenters. The number of carbonyl (C=O) groups excluding carboxylic acids is 3. The van der Waals surface area contributed by atoms with Crippen LogP contribution >= 0.6 is 0 Å². The summed E-state index contributed by atoms with van der Waals surface area (Å²) in [4.78, 5) is 34.2. The smallest absolute Gasteiger partial charge is 0.303 e. The molecule has 10 heteroatoms. The molecule has 0 aromatic heterocycles. The molecule has 2 rings (SSSR count). The molecule has 1 heterocycles. The SMILES string of the molecule is CC(=O)OC[C@H]1O[C@@H](CS(=O)(=O)Cc2ccccc2)[C@@H](OC(C)=O)[C@H]1OC(C)=O. The molecule has 1 aliphatic heterocycles. The zero-order valence-corrected chi connectivity index (χ0v) is 17.2. The first-order chi connectivity index (χ1) is 13.6. The van der Waals surface area contributed by atoms with E-state index in [1.165, 1.54) is 6.92 Å². The Morgan fingerprint density at radius 1 is 0.897 bits per heavy atom. The van der Waals surface area contributed by atoms with Crippen LogP contribution in [-0.4, -0.2) is 63.1 Å². The van der Waals surface area contributed by atoms with Gasteiger partial charge in [-0.15, -0.1) is 0 Å². The zero-order valence-electron chi connectivity index (χ0n) is 16.4. The monoisotopic (exact) mass is 428 g/mol. The number of ether oxygens (including phenoxy) is 4. The van der Waals surface area contributed by atoms with Gasteiger partial charge >= 0.3 is 17.9 Å². The van der Waals surface area contributed by atoms with E-state index in [4.69, 9.17) is 18.9 Å². The van der Waals surface area contributed by atoms with E-state index in [1.54, 1.807) is 30.3 Å². The van der Waals surface area contributed by atoms with Gasteiger partial charge in [-0.1, -0.05) is 30.3 Å². The third kappa shape index (κ3) is 7.13. The van der Waals surface area contributed by atoms with Crippen molar-refractivity contribution in [1.29, 1.82) is 0 Å². The summed E-state index contributed by atoms with van der Waals surface area (Å²) in [7, 11) is -3.66. The van der Waals surface area contributed by atoms with Crippen molar-refractivity contribution in [2.75, 3.05) is 12.4 Å². The molecule has 9 nitrogen and oxygen atoms in total. The lowest BCUT2D eigenvalue weighted by molar-refractivity contribution is -0.165. The highest BCUT2D eigenvalue weighted by Crippen LogP contribution is 2.29. The van der Waals surface area contributed by atoms with E-state index in [-0.39, 0.29) is 12.4 Å². The molecule has 1 fully saturated rings. The van der Waals surface area contributed by atoms with Gasteiger partial charge in [0.2, 0.25) is 0 Å². The Kier molecular flexibility index (Phi) is 7.74. The minimum atomic E-state index is -3.66. The topological polar surface area (TPSA) is 122 Å². The Labute approximate surface area is 169 Å². The molecule has 1 aromatic carbocycles. The summed E-state index contributed by atoms with van der Waals surface area (Å²) in [6, 6.07) is 8.59. The van der Waals surface area contributed by atoms with Crippen molar-refractivity contribution in [2.24, 2.45) is 0 Å². The lowest BCUT2D eigenvalue weighted by atomic mass is 10.1. The number of benzene rings is 1. The van der Waals surface area contributed by atoms with Gasteiger partial charge in [-0.3, -0.25) is 14.4 Å². The lowest BCUT2D eigenvalue weighted by Gasteiger charge is -2.23. The third-order valence-electron chi connectivity index (χ3n) is 4.11. The summed E-state index contributed by atoms with van der Waals surface area (Å²) in [5, 5.41) is 0. The second kappa shape index (κ2) is 9.84. The maximum Gasteiger partial charge on any atom is 0.303 e. The fourth-order valence-corrected chi connectivity index (χ4v) is 4.66. The van der Waals surface area contributed by atoms with Gasteiger partial charge in [0, 0.05) is 20.8 Å². The Morgan fingerprint density at radius 2 is 1.45 bits per heavy atom. The number of hydrogen-bond donors (Lipinski definition) is 0. The predicted octanol–water partition coefficient (Wildman–Crippen LogP) is 0.795. The minimum absolute atomic E-state index is 0.229. The number of carbonyl (C=O) groups is 3. The summed E-state index contributed by atoms with van der Waals surface area (Å²) in [5.74, 6) is -2.63. The molecule has 0 bridgehead atoms. The summed E-state index contributed by atoms with van der Waals surface area (Å²) in [6.07, 6.45) is -4.31. The molecule has 0 amide bonds. The first-order valence-corrected chi connectivity index (χ1v) is 10.8. The highest BCUT2D eigenvalue weighted by Gasteiger charge is 2.50. The molecule has 0 aliphatic carbocycles. The van der Waals surface area contributed by atoms with E-state index < -0.39 is 57.9 Å². The van der Waals surface area contributed by atoms with E-state index in [0.717, 1.165) is 13.8 Å². The summed E-state index contributed by atoms with van der Waals surface area (Å²) in [6.45, 7) is 3.23. The Hall–Kier alpha value is -2.46. The molecule has 160 valence electrons. The largest absolute Gasteiger partial charge is 0.463 e. The van der Waals surface area contributed by atoms with Crippen LogP contribution in [0.2, 0.25) is 0 Å². The molecule has 1 aliphatic rings. The Morgan fingerprint density at radius 3 is 1.97 bits per heavy atom. The van der Waals surface area contributed by atoms with E-state index in [0.29, 0.717) is 5.56 Å². The first-order valence-electron chi connectivity index (χ1n) is 8.95. The van der Waals surface area contributed by atoms with Crippen LogP contribution in [0.25, 0.3) is 0 Å². The molecule has 1 saturated heterocycles. The normalized spacial score (nSPS) is 24.0. The van der Waals surface area contributed by atoms with Gasteiger partial charge in [0.25, 0.3) is 0 Å². The highest BCUT2D eigenvalue weighted by atomic mass is 32.2. The van der Waals surface area contributed by atoms with Crippen LogP contribution < -0.4 is 0 Å². The number of sulfone groups is 1. The van der Waals surface area contributed by atoms with E-state index in [2.05, 4.69) is 0 Å². The van der Waals surface area contributed by atoms with Crippen molar-refractivity contribution in [3.05, 3.63) is 35.9 Å². The van der Waals surface area contributed by atoms with Gasteiger partial charge in [0.1, 0.15) is 18.8 Å². The van der Waals surface area contributed by atoms with Crippen LogP contribution in [-0.2, 0) is 48.9 Å². The van der Waals surface area contributed by atoms with Crippen LogP contribution in [0.15, 0.2) is 30.3 Å². The first kappa shape index (κ1) is 22.8. The van der Waals surface area contributed by atoms with Crippen LogP contribution in [0.3, 0.4) is 0 Å². The van der Waals surface area contributed by atoms with E-state index >= 15 is 0 Å². The summed E-state index contributed by atoms with van der Waals surface area (Å²) in [5.41, 5.74) is 0.600. The molecular formula is C19H24O9S. The van der Waals surface area contributed by atoms with Gasteiger partial charge in [-0.2, -0.15) is 0 Å². The van der Waals surface area contributed by atoms with Crippen LogP contribution in [0.1, 0.15) is 26.3 Å². The number of rotatable bonds is 8. The minimum Gasteiger partial charge on any atom is -0.463 e. The van der Waals surface area contributed by atoms with Crippen LogP contribution in [0.5, 0.6) is 0 Å². The van der Waals surface area contributed by atoms with Crippen molar-refractivity contribution in [1.82, 2.24) is 0 Å².